The summed E-state index contributed by atoms with van der Waals surface area (Å²) in [5, 5.41) is 5.12. The maximum absolute atomic E-state index is 11.6. The largest absolute Gasteiger partial charge is 0.444 e. The van der Waals surface area contributed by atoms with Crippen molar-refractivity contribution in [2.24, 2.45) is 0 Å². The number of carbonyl (C=O) groups is 1. The first-order valence-electron chi connectivity index (χ1n) is 13.0. The molecule has 0 radical (unpaired) electrons. The topological polar surface area (TPSA) is 75.3 Å². The highest BCUT2D eigenvalue weighted by molar-refractivity contribution is 6.99. The molecule has 0 unspecified atom stereocenters. The van der Waals surface area contributed by atoms with Gasteiger partial charge in [0.25, 0.3) is 8.32 Å². The van der Waals surface area contributed by atoms with Gasteiger partial charge in [-0.2, -0.15) is 0 Å². The summed E-state index contributed by atoms with van der Waals surface area (Å²) in [6, 6.07) is 21.2. The molecule has 8 heteroatoms. The van der Waals surface area contributed by atoms with Crippen LogP contribution in [0.25, 0.3) is 0 Å². The summed E-state index contributed by atoms with van der Waals surface area (Å²) in [6.07, 6.45) is -0.441. The molecule has 7 nitrogen and oxygen atoms in total. The minimum atomic E-state index is -2.53. The van der Waals surface area contributed by atoms with Crippen molar-refractivity contribution < 1.29 is 28.2 Å². The van der Waals surface area contributed by atoms with Gasteiger partial charge in [0.05, 0.1) is 46.2 Å². The summed E-state index contributed by atoms with van der Waals surface area (Å²) in [5.74, 6) is 0. The highest BCUT2D eigenvalue weighted by Gasteiger charge is 2.49. The fourth-order valence-corrected chi connectivity index (χ4v) is 8.64. The molecule has 0 aromatic heterocycles. The second-order valence-corrected chi connectivity index (χ2v) is 15.1. The first kappa shape index (κ1) is 31.0. The van der Waals surface area contributed by atoms with Crippen LogP contribution in [0.5, 0.6) is 0 Å². The molecular weight excluding hydrogens is 486 g/mol. The summed E-state index contributed by atoms with van der Waals surface area (Å²) in [7, 11) is -2.53. The quantitative estimate of drug-likeness (QED) is 0.275. The molecule has 0 saturated heterocycles. The second kappa shape index (κ2) is 15.2. The summed E-state index contributed by atoms with van der Waals surface area (Å²) in [5.41, 5.74) is -0.506. The van der Waals surface area contributed by atoms with Crippen LogP contribution in [0.2, 0.25) is 5.04 Å². The third-order valence-corrected chi connectivity index (χ3v) is 10.7. The van der Waals surface area contributed by atoms with Gasteiger partial charge in [0.2, 0.25) is 0 Å². The Morgan fingerprint density at radius 3 is 1.54 bits per heavy atom. The van der Waals surface area contributed by atoms with Crippen LogP contribution >= 0.6 is 0 Å². The second-order valence-electron chi connectivity index (χ2n) is 10.8. The molecule has 2 rings (SSSR count). The van der Waals surface area contributed by atoms with Gasteiger partial charge < -0.3 is 28.7 Å². The first-order chi connectivity index (χ1) is 17.6. The predicted octanol–water partition coefficient (Wildman–Crippen LogP) is 4.14. The van der Waals surface area contributed by atoms with Crippen LogP contribution in [0.3, 0.4) is 0 Å². The van der Waals surface area contributed by atoms with Crippen LogP contribution in [-0.4, -0.2) is 72.8 Å². The van der Waals surface area contributed by atoms with Gasteiger partial charge in [-0.1, -0.05) is 81.4 Å². The van der Waals surface area contributed by atoms with E-state index in [1.54, 1.807) is 0 Å². The van der Waals surface area contributed by atoms with Gasteiger partial charge in [-0.05, 0) is 36.2 Å². The number of ether oxygens (including phenoxy) is 4. The minimum absolute atomic E-state index is 0.0543. The maximum Gasteiger partial charge on any atom is 0.407 e. The van der Waals surface area contributed by atoms with Crippen molar-refractivity contribution in [2.75, 3.05) is 52.8 Å². The molecule has 0 fully saturated rings. The summed E-state index contributed by atoms with van der Waals surface area (Å²) in [6.45, 7) is 16.0. The first-order valence-corrected chi connectivity index (χ1v) is 14.9. The Labute approximate surface area is 223 Å². The molecule has 0 aliphatic carbocycles. The van der Waals surface area contributed by atoms with Gasteiger partial charge in [0.1, 0.15) is 5.60 Å². The third-order valence-electron chi connectivity index (χ3n) is 5.62. The predicted molar refractivity (Wildman–Crippen MR) is 150 cm³/mol. The monoisotopic (exact) mass is 531 g/mol. The zero-order valence-corrected chi connectivity index (χ0v) is 24.4. The molecule has 1 N–H and O–H groups in total. The van der Waals surface area contributed by atoms with Crippen molar-refractivity contribution in [1.82, 2.24) is 5.32 Å². The van der Waals surface area contributed by atoms with Gasteiger partial charge in [-0.3, -0.25) is 0 Å². The Bertz CT molecular complexity index is 857. The number of hydrogen-bond acceptors (Lipinski definition) is 6. The van der Waals surface area contributed by atoms with E-state index in [2.05, 4.69) is 74.6 Å². The van der Waals surface area contributed by atoms with Crippen LogP contribution in [-0.2, 0) is 23.4 Å². The van der Waals surface area contributed by atoms with E-state index in [1.807, 2.05) is 32.9 Å². The Morgan fingerprint density at radius 1 is 0.676 bits per heavy atom. The summed E-state index contributed by atoms with van der Waals surface area (Å²) >= 11 is 0. The van der Waals surface area contributed by atoms with Crippen molar-refractivity contribution in [2.45, 2.75) is 52.2 Å². The lowest BCUT2D eigenvalue weighted by Gasteiger charge is -2.43. The van der Waals surface area contributed by atoms with E-state index in [0.29, 0.717) is 52.8 Å². The number of benzene rings is 2. The lowest BCUT2D eigenvalue weighted by Crippen LogP contribution is -2.66. The maximum atomic E-state index is 11.6. The van der Waals surface area contributed by atoms with Crippen molar-refractivity contribution in [3.05, 3.63) is 60.7 Å². The standard InChI is InChI=1S/C29H45NO6Si/c1-28(2,3)36-27(31)30-17-18-32-19-20-33-21-22-34-23-24-35-37(29(4,5)6,25-13-9-7-10-14-25)26-15-11-8-12-16-26/h7-16H,17-24H2,1-6H3,(H,30,31). The molecular formula is C29H45NO6Si. The Balaban J connectivity index is 1.67. The van der Waals surface area contributed by atoms with E-state index < -0.39 is 20.0 Å². The number of hydrogen-bond donors (Lipinski definition) is 1. The van der Waals surface area contributed by atoms with Crippen molar-refractivity contribution >= 4 is 24.8 Å². The number of alkyl carbamates (subject to hydrolysis) is 1. The molecule has 1 amide bonds. The average Bonchev–Trinajstić information content (AvgIpc) is 2.83. The molecule has 0 heterocycles. The molecule has 206 valence electrons. The molecule has 0 spiro atoms. The van der Waals surface area contributed by atoms with Gasteiger partial charge in [-0.25, -0.2) is 4.79 Å². The molecule has 0 bridgehead atoms. The molecule has 0 saturated carbocycles. The normalized spacial score (nSPS) is 12.4. The van der Waals surface area contributed by atoms with Crippen LogP contribution in [0, 0.1) is 0 Å². The van der Waals surface area contributed by atoms with Crippen LogP contribution in [0.15, 0.2) is 60.7 Å². The molecule has 0 aliphatic rings. The number of nitrogens with one attached hydrogen (secondary N) is 1. The highest BCUT2D eigenvalue weighted by Crippen LogP contribution is 2.36. The van der Waals surface area contributed by atoms with Crippen LogP contribution < -0.4 is 15.7 Å². The lowest BCUT2D eigenvalue weighted by molar-refractivity contribution is 0.00850. The molecule has 0 aliphatic heterocycles. The lowest BCUT2D eigenvalue weighted by atomic mass is 10.2. The molecule has 2 aromatic carbocycles. The van der Waals surface area contributed by atoms with Crippen LogP contribution in [0.4, 0.5) is 4.79 Å². The van der Waals surface area contributed by atoms with Gasteiger partial charge in [-0.15, -0.1) is 0 Å². The molecule has 37 heavy (non-hydrogen) atoms. The number of rotatable bonds is 15. The zero-order chi connectivity index (χ0) is 27.2. The fourth-order valence-electron chi connectivity index (χ4n) is 4.10. The highest BCUT2D eigenvalue weighted by atomic mass is 28.4. The van der Waals surface area contributed by atoms with E-state index in [9.17, 15) is 4.79 Å². The van der Waals surface area contributed by atoms with Crippen LogP contribution in [0.1, 0.15) is 41.5 Å². The van der Waals surface area contributed by atoms with Crippen molar-refractivity contribution in [1.29, 1.82) is 0 Å². The van der Waals surface area contributed by atoms with E-state index in [-0.39, 0.29) is 5.04 Å². The van der Waals surface area contributed by atoms with E-state index >= 15 is 0 Å². The van der Waals surface area contributed by atoms with E-state index in [1.165, 1.54) is 10.4 Å². The zero-order valence-electron chi connectivity index (χ0n) is 23.4. The van der Waals surface area contributed by atoms with Gasteiger partial charge in [0, 0.05) is 6.54 Å². The van der Waals surface area contributed by atoms with E-state index in [0.717, 1.165) is 0 Å². The Kier molecular flexibility index (Phi) is 12.8. The minimum Gasteiger partial charge on any atom is -0.444 e. The van der Waals surface area contributed by atoms with Crippen molar-refractivity contribution in [3.63, 3.8) is 0 Å². The van der Waals surface area contributed by atoms with Gasteiger partial charge >= 0.3 is 6.09 Å². The van der Waals surface area contributed by atoms with Crippen molar-refractivity contribution in [3.8, 4) is 0 Å². The molecule has 2 aromatic rings. The molecule has 0 atom stereocenters. The summed E-state index contributed by atoms with van der Waals surface area (Å²) in [4.78, 5) is 11.6. The number of carbonyl (C=O) groups excluding carboxylic acids is 1. The van der Waals surface area contributed by atoms with Gasteiger partial charge in [0.15, 0.2) is 0 Å². The summed E-state index contributed by atoms with van der Waals surface area (Å²) < 4.78 is 28.8. The fraction of sp³-hybridized carbons (Fsp3) is 0.552. The number of amides is 1. The Hall–Kier alpha value is -2.23. The smallest absolute Gasteiger partial charge is 0.407 e. The average molecular weight is 532 g/mol. The SMILES string of the molecule is CC(C)(C)OC(=O)NCCOCCOCCOCCO[Si](c1ccccc1)(c1ccccc1)C(C)(C)C. The third kappa shape index (κ3) is 10.6. The van der Waals surface area contributed by atoms with E-state index in [4.69, 9.17) is 23.4 Å². The Morgan fingerprint density at radius 2 is 1.11 bits per heavy atom.